The molecule has 0 bridgehead atoms. The lowest BCUT2D eigenvalue weighted by Gasteiger charge is -2.08. The Labute approximate surface area is 116 Å². The Kier molecular flexibility index (Phi) is 3.09. The maximum Gasteiger partial charge on any atom is 0.255 e. The van der Waals surface area contributed by atoms with Gasteiger partial charge in [0.2, 0.25) is 0 Å². The number of rotatable bonds is 2. The molecule has 0 atom stereocenters. The summed E-state index contributed by atoms with van der Waals surface area (Å²) < 4.78 is 0. The van der Waals surface area contributed by atoms with Crippen molar-refractivity contribution in [1.82, 2.24) is 0 Å². The topological polar surface area (TPSA) is 49.3 Å². The molecule has 0 aromatic heterocycles. The summed E-state index contributed by atoms with van der Waals surface area (Å²) in [6.07, 6.45) is 0. The predicted molar refractivity (Wildman–Crippen MR) is 80.0 cm³/mol. The van der Waals surface area contributed by atoms with Gasteiger partial charge >= 0.3 is 0 Å². The van der Waals surface area contributed by atoms with Gasteiger partial charge < -0.3 is 10.4 Å². The number of carbonyl (C=O) groups excluding carboxylic acids is 1. The maximum absolute atomic E-state index is 12.2. The highest BCUT2D eigenvalue weighted by Gasteiger charge is 2.07. The van der Waals surface area contributed by atoms with Crippen molar-refractivity contribution in [2.75, 3.05) is 5.32 Å². The number of amides is 1. The smallest absolute Gasteiger partial charge is 0.255 e. The van der Waals surface area contributed by atoms with Crippen LogP contribution in [0.3, 0.4) is 0 Å². The van der Waals surface area contributed by atoms with E-state index in [2.05, 4.69) is 5.32 Å². The van der Waals surface area contributed by atoms with Crippen LogP contribution in [0.4, 0.5) is 5.69 Å². The minimum Gasteiger partial charge on any atom is -0.508 e. The third-order valence-electron chi connectivity index (χ3n) is 3.17. The van der Waals surface area contributed by atoms with Gasteiger partial charge in [-0.3, -0.25) is 4.79 Å². The van der Waals surface area contributed by atoms with E-state index in [9.17, 15) is 9.90 Å². The Morgan fingerprint density at radius 2 is 1.55 bits per heavy atom. The highest BCUT2D eigenvalue weighted by Crippen LogP contribution is 2.23. The van der Waals surface area contributed by atoms with Gasteiger partial charge in [0.15, 0.2) is 0 Å². The van der Waals surface area contributed by atoms with Crippen molar-refractivity contribution in [2.45, 2.75) is 0 Å². The molecular weight excluding hydrogens is 250 g/mol. The summed E-state index contributed by atoms with van der Waals surface area (Å²) in [6.45, 7) is 0. The minimum absolute atomic E-state index is 0.145. The molecule has 0 aliphatic heterocycles. The van der Waals surface area contributed by atoms with Gasteiger partial charge in [-0.1, -0.05) is 36.4 Å². The quantitative estimate of drug-likeness (QED) is 0.738. The van der Waals surface area contributed by atoms with Crippen LogP contribution in [0, 0.1) is 0 Å². The van der Waals surface area contributed by atoms with Gasteiger partial charge in [0.05, 0.1) is 0 Å². The molecule has 0 saturated carbocycles. The van der Waals surface area contributed by atoms with E-state index in [0.717, 1.165) is 16.5 Å². The largest absolute Gasteiger partial charge is 0.508 e. The molecule has 3 aromatic rings. The van der Waals surface area contributed by atoms with Crippen molar-refractivity contribution in [1.29, 1.82) is 0 Å². The van der Waals surface area contributed by atoms with Crippen molar-refractivity contribution in [3.63, 3.8) is 0 Å². The Morgan fingerprint density at radius 3 is 2.35 bits per heavy atom. The van der Waals surface area contributed by atoms with Crippen LogP contribution in [0.25, 0.3) is 10.8 Å². The molecule has 0 fully saturated rings. The first-order valence-electron chi connectivity index (χ1n) is 6.32. The first-order valence-corrected chi connectivity index (χ1v) is 6.32. The van der Waals surface area contributed by atoms with E-state index in [4.69, 9.17) is 0 Å². The van der Waals surface area contributed by atoms with Crippen molar-refractivity contribution < 1.29 is 9.90 Å². The fourth-order valence-corrected chi connectivity index (χ4v) is 2.14. The second-order valence-corrected chi connectivity index (χ2v) is 4.53. The van der Waals surface area contributed by atoms with E-state index in [0.29, 0.717) is 5.56 Å². The summed E-state index contributed by atoms with van der Waals surface area (Å²) in [5.74, 6) is -0.0481. The van der Waals surface area contributed by atoms with Crippen LogP contribution in [0.1, 0.15) is 10.4 Å². The highest BCUT2D eigenvalue weighted by atomic mass is 16.3. The first-order chi connectivity index (χ1) is 9.74. The molecule has 20 heavy (non-hydrogen) atoms. The molecule has 3 rings (SSSR count). The molecule has 98 valence electrons. The van der Waals surface area contributed by atoms with E-state index < -0.39 is 0 Å². The van der Waals surface area contributed by atoms with Crippen molar-refractivity contribution in [3.05, 3.63) is 72.3 Å². The molecule has 1 amide bonds. The summed E-state index contributed by atoms with van der Waals surface area (Å²) in [5, 5.41) is 14.2. The van der Waals surface area contributed by atoms with Crippen molar-refractivity contribution in [2.24, 2.45) is 0 Å². The van der Waals surface area contributed by atoms with E-state index in [1.807, 2.05) is 42.5 Å². The third-order valence-corrected chi connectivity index (χ3v) is 3.17. The van der Waals surface area contributed by atoms with Crippen LogP contribution < -0.4 is 5.32 Å². The van der Waals surface area contributed by atoms with Crippen LogP contribution in [0.2, 0.25) is 0 Å². The van der Waals surface area contributed by atoms with Crippen LogP contribution >= 0.6 is 0 Å². The number of hydrogen-bond donors (Lipinski definition) is 2. The number of anilines is 1. The summed E-state index contributed by atoms with van der Waals surface area (Å²) in [5.41, 5.74) is 1.29. The summed E-state index contributed by atoms with van der Waals surface area (Å²) >= 11 is 0. The highest BCUT2D eigenvalue weighted by molar-refractivity contribution is 6.09. The number of hydrogen-bond acceptors (Lipinski definition) is 2. The number of carbonyl (C=O) groups is 1. The standard InChI is InChI=1S/C17H13NO2/c19-14-10-8-13(9-11-14)17(20)18-16-7-3-5-12-4-1-2-6-15(12)16/h1-11,19H,(H,18,20). The van der Waals surface area contributed by atoms with Gasteiger partial charge in [0.25, 0.3) is 5.91 Å². The Balaban J connectivity index is 1.93. The zero-order valence-corrected chi connectivity index (χ0v) is 10.7. The van der Waals surface area contributed by atoms with Crippen LogP contribution in [-0.4, -0.2) is 11.0 Å². The van der Waals surface area contributed by atoms with Gasteiger partial charge in [-0.05, 0) is 35.7 Å². The average molecular weight is 263 g/mol. The van der Waals surface area contributed by atoms with Gasteiger partial charge in [-0.15, -0.1) is 0 Å². The summed E-state index contributed by atoms with van der Waals surface area (Å²) in [7, 11) is 0. The third kappa shape index (κ3) is 2.34. The maximum atomic E-state index is 12.2. The molecular formula is C17H13NO2. The molecule has 0 spiro atoms. The molecule has 3 heteroatoms. The zero-order valence-electron chi connectivity index (χ0n) is 10.7. The zero-order chi connectivity index (χ0) is 13.9. The second-order valence-electron chi connectivity index (χ2n) is 4.53. The number of fused-ring (bicyclic) bond motifs is 1. The molecule has 3 aromatic carbocycles. The molecule has 0 aliphatic carbocycles. The Morgan fingerprint density at radius 1 is 0.850 bits per heavy atom. The molecule has 0 saturated heterocycles. The van der Waals surface area contributed by atoms with E-state index in [1.165, 1.54) is 12.1 Å². The average Bonchev–Trinajstić information content (AvgIpc) is 2.48. The normalized spacial score (nSPS) is 10.4. The monoisotopic (exact) mass is 263 g/mol. The van der Waals surface area contributed by atoms with Gasteiger partial charge in [-0.25, -0.2) is 0 Å². The minimum atomic E-state index is -0.193. The lowest BCUT2D eigenvalue weighted by Crippen LogP contribution is -2.11. The first kappa shape index (κ1) is 12.2. The van der Waals surface area contributed by atoms with E-state index in [-0.39, 0.29) is 11.7 Å². The van der Waals surface area contributed by atoms with Crippen molar-refractivity contribution in [3.8, 4) is 5.75 Å². The Hall–Kier alpha value is -2.81. The lowest BCUT2D eigenvalue weighted by molar-refractivity contribution is 0.102. The molecule has 0 unspecified atom stereocenters. The SMILES string of the molecule is O=C(Nc1cccc2ccccc12)c1ccc(O)cc1. The van der Waals surface area contributed by atoms with E-state index >= 15 is 0 Å². The lowest BCUT2D eigenvalue weighted by atomic mass is 10.1. The molecule has 3 nitrogen and oxygen atoms in total. The Bertz CT molecular complexity index is 758. The summed E-state index contributed by atoms with van der Waals surface area (Å²) in [6, 6.07) is 19.9. The van der Waals surface area contributed by atoms with Crippen molar-refractivity contribution >= 4 is 22.4 Å². The second kappa shape index (κ2) is 5.05. The molecule has 2 N–H and O–H groups in total. The van der Waals surface area contributed by atoms with Crippen LogP contribution in [0.15, 0.2) is 66.7 Å². The summed E-state index contributed by atoms with van der Waals surface area (Å²) in [4.78, 5) is 12.2. The van der Waals surface area contributed by atoms with Gasteiger partial charge in [-0.2, -0.15) is 0 Å². The fourth-order valence-electron chi connectivity index (χ4n) is 2.14. The van der Waals surface area contributed by atoms with Crippen LogP contribution in [-0.2, 0) is 0 Å². The number of aromatic hydroxyl groups is 1. The van der Waals surface area contributed by atoms with Gasteiger partial charge in [0, 0.05) is 16.6 Å². The number of benzene rings is 3. The predicted octanol–water partition coefficient (Wildman–Crippen LogP) is 3.80. The van der Waals surface area contributed by atoms with Gasteiger partial charge in [0.1, 0.15) is 5.75 Å². The molecule has 0 radical (unpaired) electrons. The van der Waals surface area contributed by atoms with Crippen LogP contribution in [0.5, 0.6) is 5.75 Å². The number of nitrogens with one attached hydrogen (secondary N) is 1. The number of phenolic OH excluding ortho intramolecular Hbond substituents is 1. The fraction of sp³-hybridized carbons (Fsp3) is 0. The van der Waals surface area contributed by atoms with E-state index in [1.54, 1.807) is 12.1 Å². The molecule has 0 aliphatic rings. The number of phenols is 1. The molecule has 0 heterocycles.